The van der Waals surface area contributed by atoms with Crippen molar-refractivity contribution in [1.82, 2.24) is 0 Å². The minimum atomic E-state index is -1.13. The molecule has 98 valence electrons. The molecule has 0 aliphatic carbocycles. The Kier molecular flexibility index (Phi) is 9.30. The highest BCUT2D eigenvalue weighted by atomic mass is 16.4. The zero-order chi connectivity index (χ0) is 13.1. The van der Waals surface area contributed by atoms with E-state index in [2.05, 4.69) is 11.9 Å². The Hall–Kier alpha value is -1.19. The minimum absolute atomic E-state index is 0.127. The first-order valence-corrected chi connectivity index (χ1v) is 6.39. The van der Waals surface area contributed by atoms with E-state index in [-0.39, 0.29) is 11.6 Å². The van der Waals surface area contributed by atoms with E-state index in [9.17, 15) is 9.59 Å². The fraction of sp³-hybridized carbons (Fsp3) is 0.769. The topological polar surface area (TPSA) is 66.7 Å². The molecule has 0 radical (unpaired) electrons. The number of rotatable bonds is 9. The van der Waals surface area contributed by atoms with Crippen LogP contribution in [0.15, 0.2) is 4.99 Å². The zero-order valence-electron chi connectivity index (χ0n) is 10.9. The molecule has 4 nitrogen and oxygen atoms in total. The Bertz CT molecular complexity index is 272. The lowest BCUT2D eigenvalue weighted by Crippen LogP contribution is -2.10. The molecule has 0 aromatic rings. The Morgan fingerprint density at radius 2 is 1.53 bits per heavy atom. The van der Waals surface area contributed by atoms with E-state index in [4.69, 9.17) is 5.11 Å². The van der Waals surface area contributed by atoms with Crippen LogP contribution in [0.3, 0.4) is 0 Å². The molecule has 0 rings (SSSR count). The Labute approximate surface area is 103 Å². The Morgan fingerprint density at radius 3 is 2.06 bits per heavy atom. The normalized spacial score (nSPS) is 11.5. The van der Waals surface area contributed by atoms with Crippen molar-refractivity contribution in [3.8, 4) is 0 Å². The molecule has 0 atom stereocenters. The fourth-order valence-electron chi connectivity index (χ4n) is 1.52. The van der Waals surface area contributed by atoms with Crippen LogP contribution in [-0.4, -0.2) is 22.7 Å². The van der Waals surface area contributed by atoms with Crippen molar-refractivity contribution in [2.24, 2.45) is 4.99 Å². The first kappa shape index (κ1) is 15.8. The summed E-state index contributed by atoms with van der Waals surface area (Å²) in [6.07, 6.45) is 8.34. The second-order valence-electron chi connectivity index (χ2n) is 4.27. The Balaban J connectivity index is 3.52. The van der Waals surface area contributed by atoms with E-state index in [1.165, 1.54) is 32.6 Å². The molecule has 0 fully saturated rings. The number of hydrogen-bond donors (Lipinski definition) is 1. The molecule has 0 bridgehead atoms. The zero-order valence-corrected chi connectivity index (χ0v) is 10.9. The predicted molar refractivity (Wildman–Crippen MR) is 68.4 cm³/mol. The van der Waals surface area contributed by atoms with Crippen LogP contribution < -0.4 is 0 Å². The minimum Gasteiger partial charge on any atom is -0.477 e. The fourth-order valence-corrected chi connectivity index (χ4v) is 1.52. The Morgan fingerprint density at radius 1 is 1.00 bits per heavy atom. The van der Waals surface area contributed by atoms with Gasteiger partial charge in [0.15, 0.2) is 0 Å². The highest BCUT2D eigenvalue weighted by molar-refractivity contribution is 6.36. The van der Waals surface area contributed by atoms with E-state index >= 15 is 0 Å². The average molecular weight is 241 g/mol. The third-order valence-electron chi connectivity index (χ3n) is 2.60. The summed E-state index contributed by atoms with van der Waals surface area (Å²) in [5, 5.41) is 8.54. The van der Waals surface area contributed by atoms with Crippen LogP contribution in [0.1, 0.15) is 65.2 Å². The summed E-state index contributed by atoms with van der Waals surface area (Å²) in [6.45, 7) is 3.52. The summed E-state index contributed by atoms with van der Waals surface area (Å²) in [7, 11) is 0. The van der Waals surface area contributed by atoms with Gasteiger partial charge in [-0.25, -0.2) is 9.79 Å². The molecule has 17 heavy (non-hydrogen) atoms. The molecule has 0 aromatic heterocycles. The molecule has 0 aliphatic rings. The van der Waals surface area contributed by atoms with Gasteiger partial charge in [0.25, 0.3) is 0 Å². The van der Waals surface area contributed by atoms with Gasteiger partial charge >= 0.3 is 5.97 Å². The number of carbonyl (C=O) groups is 2. The maximum absolute atomic E-state index is 11.2. The van der Waals surface area contributed by atoms with Gasteiger partial charge in [-0.2, -0.15) is 0 Å². The number of aliphatic imine (C=N–C) groups is 1. The number of carboxylic acids is 1. The van der Waals surface area contributed by atoms with Crippen LogP contribution in [0.25, 0.3) is 0 Å². The van der Waals surface area contributed by atoms with Crippen molar-refractivity contribution in [2.45, 2.75) is 65.2 Å². The van der Waals surface area contributed by atoms with Gasteiger partial charge in [0.05, 0.1) is 0 Å². The van der Waals surface area contributed by atoms with Crippen LogP contribution in [0.2, 0.25) is 0 Å². The van der Waals surface area contributed by atoms with Crippen LogP contribution >= 0.6 is 0 Å². The number of aliphatic carboxylic acids is 1. The summed E-state index contributed by atoms with van der Waals surface area (Å²) in [4.78, 5) is 25.2. The summed E-state index contributed by atoms with van der Waals surface area (Å²) in [5.41, 5.74) is -0.127. The van der Waals surface area contributed by atoms with E-state index in [1.54, 1.807) is 0 Å². The molecule has 0 spiro atoms. The van der Waals surface area contributed by atoms with Crippen molar-refractivity contribution in [1.29, 1.82) is 0 Å². The molecule has 0 saturated heterocycles. The van der Waals surface area contributed by atoms with E-state index in [0.29, 0.717) is 6.42 Å². The first-order valence-electron chi connectivity index (χ1n) is 6.39. The van der Waals surface area contributed by atoms with Gasteiger partial charge in [0.2, 0.25) is 5.91 Å². The molecule has 4 heteroatoms. The molecule has 0 aromatic carbocycles. The van der Waals surface area contributed by atoms with Crippen LogP contribution in [0.5, 0.6) is 0 Å². The number of amides is 1. The maximum atomic E-state index is 11.2. The SMILES string of the molecule is CCCCCCCCCC(=O)N=C(C)C(=O)O. The molecule has 0 unspecified atom stereocenters. The van der Waals surface area contributed by atoms with Crippen molar-refractivity contribution in [3.63, 3.8) is 0 Å². The van der Waals surface area contributed by atoms with E-state index < -0.39 is 5.97 Å². The summed E-state index contributed by atoms with van der Waals surface area (Å²) >= 11 is 0. The van der Waals surface area contributed by atoms with Gasteiger partial charge in [0.1, 0.15) is 5.71 Å². The van der Waals surface area contributed by atoms with Gasteiger partial charge < -0.3 is 5.11 Å². The number of carboxylic acid groups (broad SMARTS) is 1. The predicted octanol–water partition coefficient (Wildman–Crippen LogP) is 3.20. The van der Waals surface area contributed by atoms with E-state index in [0.717, 1.165) is 19.3 Å². The molecular formula is C13H23NO3. The van der Waals surface area contributed by atoms with Crippen LogP contribution in [0, 0.1) is 0 Å². The lowest BCUT2D eigenvalue weighted by molar-refractivity contribution is -0.129. The van der Waals surface area contributed by atoms with Crippen molar-refractivity contribution < 1.29 is 14.7 Å². The van der Waals surface area contributed by atoms with Crippen molar-refractivity contribution >= 4 is 17.6 Å². The average Bonchev–Trinajstić information content (AvgIpc) is 2.27. The summed E-state index contributed by atoms with van der Waals surface area (Å²) in [5.74, 6) is -1.45. The molecule has 1 amide bonds. The van der Waals surface area contributed by atoms with Gasteiger partial charge in [-0.1, -0.05) is 45.4 Å². The quantitative estimate of drug-likeness (QED) is 0.498. The number of hydrogen-bond acceptors (Lipinski definition) is 2. The third kappa shape index (κ3) is 9.72. The van der Waals surface area contributed by atoms with Gasteiger partial charge in [-0.15, -0.1) is 0 Å². The highest BCUT2D eigenvalue weighted by Gasteiger charge is 2.05. The number of unbranched alkanes of at least 4 members (excludes halogenated alkanes) is 6. The summed E-state index contributed by atoms with van der Waals surface area (Å²) in [6, 6.07) is 0. The molecule has 1 N–H and O–H groups in total. The molecule has 0 saturated carbocycles. The van der Waals surface area contributed by atoms with Crippen molar-refractivity contribution in [3.05, 3.63) is 0 Å². The monoisotopic (exact) mass is 241 g/mol. The smallest absolute Gasteiger partial charge is 0.350 e. The molecular weight excluding hydrogens is 218 g/mol. The largest absolute Gasteiger partial charge is 0.477 e. The van der Waals surface area contributed by atoms with Gasteiger partial charge in [-0.3, -0.25) is 4.79 Å². The number of nitrogens with zero attached hydrogens (tertiary/aromatic N) is 1. The molecule has 0 aliphatic heterocycles. The van der Waals surface area contributed by atoms with Crippen molar-refractivity contribution in [2.75, 3.05) is 0 Å². The van der Waals surface area contributed by atoms with Crippen LogP contribution in [-0.2, 0) is 9.59 Å². The number of carbonyl (C=O) groups excluding carboxylic acids is 1. The lowest BCUT2D eigenvalue weighted by Gasteiger charge is -1.99. The van der Waals surface area contributed by atoms with Gasteiger partial charge in [-0.05, 0) is 13.3 Å². The lowest BCUT2D eigenvalue weighted by atomic mass is 10.1. The second kappa shape index (κ2) is 10.00. The third-order valence-corrected chi connectivity index (χ3v) is 2.60. The van der Waals surface area contributed by atoms with Gasteiger partial charge in [0, 0.05) is 6.42 Å². The summed E-state index contributed by atoms with van der Waals surface area (Å²) < 4.78 is 0. The van der Waals surface area contributed by atoms with Crippen LogP contribution in [0.4, 0.5) is 0 Å². The standard InChI is InChI=1S/C13H23NO3/c1-3-4-5-6-7-8-9-10-12(15)14-11(2)13(16)17/h3-10H2,1-2H3,(H,16,17). The first-order chi connectivity index (χ1) is 8.07. The maximum Gasteiger partial charge on any atom is 0.350 e. The van der Waals surface area contributed by atoms with E-state index in [1.807, 2.05) is 0 Å². The molecule has 0 heterocycles. The highest BCUT2D eigenvalue weighted by Crippen LogP contribution is 2.08. The second-order valence-corrected chi connectivity index (χ2v) is 4.27.